The molecule has 0 spiro atoms. The van der Waals surface area contributed by atoms with Crippen LogP contribution in [0.15, 0.2) is 24.5 Å². The first-order valence-electron chi connectivity index (χ1n) is 5.99. The van der Waals surface area contributed by atoms with Gasteiger partial charge < -0.3 is 4.74 Å². The minimum absolute atomic E-state index is 0.0523. The smallest absolute Gasteiger partial charge is 0.166 e. The summed E-state index contributed by atoms with van der Waals surface area (Å²) in [5.41, 5.74) is 0.182. The fraction of sp³-hybridized carbons (Fsp3) is 0.308. The van der Waals surface area contributed by atoms with Gasteiger partial charge in [0, 0.05) is 6.54 Å². The van der Waals surface area contributed by atoms with E-state index in [0.717, 1.165) is 13.0 Å². The zero-order valence-electron chi connectivity index (χ0n) is 10.5. The van der Waals surface area contributed by atoms with E-state index in [1.54, 1.807) is 4.68 Å². The summed E-state index contributed by atoms with van der Waals surface area (Å²) >= 11 is 0. The Morgan fingerprint density at radius 2 is 2.32 bits per heavy atom. The van der Waals surface area contributed by atoms with Crippen LogP contribution < -0.4 is 4.74 Å². The molecule has 0 saturated carbocycles. The van der Waals surface area contributed by atoms with Crippen molar-refractivity contribution in [1.29, 1.82) is 0 Å². The quantitative estimate of drug-likeness (QED) is 0.750. The Hall–Kier alpha value is -2.24. The van der Waals surface area contributed by atoms with Crippen LogP contribution in [0.5, 0.6) is 5.75 Å². The highest BCUT2D eigenvalue weighted by molar-refractivity contribution is 5.79. The molecule has 1 aromatic heterocycles. The average molecular weight is 263 g/mol. The van der Waals surface area contributed by atoms with E-state index in [4.69, 9.17) is 4.74 Å². The maximum Gasteiger partial charge on any atom is 0.166 e. The predicted molar refractivity (Wildman–Crippen MR) is 66.4 cm³/mol. The van der Waals surface area contributed by atoms with Gasteiger partial charge >= 0.3 is 0 Å². The van der Waals surface area contributed by atoms with Gasteiger partial charge in [-0.2, -0.15) is 5.10 Å². The van der Waals surface area contributed by atoms with E-state index in [2.05, 4.69) is 10.1 Å². The number of aldehydes is 1. The van der Waals surface area contributed by atoms with E-state index in [1.807, 2.05) is 6.92 Å². The van der Waals surface area contributed by atoms with E-state index in [-0.39, 0.29) is 17.9 Å². The molecule has 0 amide bonds. The van der Waals surface area contributed by atoms with Crippen LogP contribution in [0.2, 0.25) is 0 Å². The molecular weight excluding hydrogens is 249 g/mol. The maximum absolute atomic E-state index is 13.6. The van der Waals surface area contributed by atoms with Crippen molar-refractivity contribution in [2.24, 2.45) is 0 Å². The second-order valence-corrected chi connectivity index (χ2v) is 3.96. The van der Waals surface area contributed by atoms with Crippen LogP contribution in [-0.2, 0) is 13.2 Å². The Bertz CT molecular complexity index is 569. The third-order valence-corrected chi connectivity index (χ3v) is 2.60. The summed E-state index contributed by atoms with van der Waals surface area (Å²) in [6.45, 7) is 2.81. The van der Waals surface area contributed by atoms with Gasteiger partial charge in [0.2, 0.25) is 0 Å². The number of aryl methyl sites for hydroxylation is 1. The lowest BCUT2D eigenvalue weighted by Gasteiger charge is -2.09. The number of halogens is 1. The van der Waals surface area contributed by atoms with Gasteiger partial charge in [-0.25, -0.2) is 14.1 Å². The second kappa shape index (κ2) is 6.08. The van der Waals surface area contributed by atoms with Crippen molar-refractivity contribution in [2.45, 2.75) is 26.5 Å². The SMILES string of the molecule is CCCn1ncnc1COc1c(F)cccc1C=O. The topological polar surface area (TPSA) is 57.0 Å². The number of hydrogen-bond acceptors (Lipinski definition) is 4. The van der Waals surface area contributed by atoms with Crippen LogP contribution >= 0.6 is 0 Å². The number of ether oxygens (including phenoxy) is 1. The van der Waals surface area contributed by atoms with Crippen LogP contribution in [0, 0.1) is 5.82 Å². The molecule has 0 aliphatic carbocycles. The monoisotopic (exact) mass is 263 g/mol. The molecule has 0 unspecified atom stereocenters. The van der Waals surface area contributed by atoms with E-state index in [9.17, 15) is 9.18 Å². The number of para-hydroxylation sites is 1. The zero-order valence-corrected chi connectivity index (χ0v) is 10.5. The molecular formula is C13H14FN3O2. The molecule has 19 heavy (non-hydrogen) atoms. The highest BCUT2D eigenvalue weighted by atomic mass is 19.1. The van der Waals surface area contributed by atoms with Crippen molar-refractivity contribution in [3.63, 3.8) is 0 Å². The van der Waals surface area contributed by atoms with Crippen molar-refractivity contribution in [3.8, 4) is 5.75 Å². The first-order valence-corrected chi connectivity index (χ1v) is 5.99. The van der Waals surface area contributed by atoms with Gasteiger partial charge in [0.15, 0.2) is 23.7 Å². The number of aromatic nitrogens is 3. The second-order valence-electron chi connectivity index (χ2n) is 3.96. The van der Waals surface area contributed by atoms with Crippen LogP contribution in [0.1, 0.15) is 29.5 Å². The molecule has 0 aliphatic rings. The molecule has 1 aromatic carbocycles. The predicted octanol–water partition coefficient (Wildman–Crippen LogP) is 2.22. The molecule has 0 atom stereocenters. The summed E-state index contributed by atoms with van der Waals surface area (Å²) in [7, 11) is 0. The lowest BCUT2D eigenvalue weighted by atomic mass is 10.2. The molecule has 0 aliphatic heterocycles. The number of nitrogens with zero attached hydrogens (tertiary/aromatic N) is 3. The Morgan fingerprint density at radius 3 is 3.05 bits per heavy atom. The summed E-state index contributed by atoms with van der Waals surface area (Å²) in [5, 5.41) is 4.05. The molecule has 0 fully saturated rings. The van der Waals surface area contributed by atoms with Gasteiger partial charge in [-0.1, -0.05) is 13.0 Å². The van der Waals surface area contributed by atoms with Gasteiger partial charge in [-0.3, -0.25) is 4.79 Å². The fourth-order valence-corrected chi connectivity index (χ4v) is 1.71. The molecule has 2 rings (SSSR count). The van der Waals surface area contributed by atoms with E-state index < -0.39 is 5.82 Å². The maximum atomic E-state index is 13.6. The molecule has 6 heteroatoms. The molecule has 2 aromatic rings. The molecule has 100 valence electrons. The highest BCUT2D eigenvalue weighted by Gasteiger charge is 2.11. The Balaban J connectivity index is 2.14. The van der Waals surface area contributed by atoms with Crippen LogP contribution in [0.4, 0.5) is 4.39 Å². The third kappa shape index (κ3) is 2.96. The summed E-state index contributed by atoms with van der Waals surface area (Å²) in [6.07, 6.45) is 2.90. The van der Waals surface area contributed by atoms with Gasteiger partial charge in [0.1, 0.15) is 12.9 Å². The number of rotatable bonds is 6. The Labute approximate surface area is 110 Å². The van der Waals surface area contributed by atoms with E-state index in [0.29, 0.717) is 12.1 Å². The summed E-state index contributed by atoms with van der Waals surface area (Å²) in [6, 6.07) is 4.22. The van der Waals surface area contributed by atoms with Crippen LogP contribution in [0.3, 0.4) is 0 Å². The zero-order chi connectivity index (χ0) is 13.7. The lowest BCUT2D eigenvalue weighted by Crippen LogP contribution is -2.09. The van der Waals surface area contributed by atoms with Gasteiger partial charge in [-0.05, 0) is 18.6 Å². The largest absolute Gasteiger partial charge is 0.482 e. The molecule has 0 radical (unpaired) electrons. The lowest BCUT2D eigenvalue weighted by molar-refractivity contribution is 0.111. The molecule has 0 N–H and O–H groups in total. The first kappa shape index (κ1) is 13.2. The van der Waals surface area contributed by atoms with E-state index >= 15 is 0 Å². The summed E-state index contributed by atoms with van der Waals surface area (Å²) < 4.78 is 20.6. The minimum Gasteiger partial charge on any atom is -0.482 e. The van der Waals surface area contributed by atoms with Crippen molar-refractivity contribution in [3.05, 3.63) is 41.7 Å². The van der Waals surface area contributed by atoms with Crippen LogP contribution in [-0.4, -0.2) is 21.1 Å². The fourth-order valence-electron chi connectivity index (χ4n) is 1.71. The van der Waals surface area contributed by atoms with Gasteiger partial charge in [-0.15, -0.1) is 0 Å². The van der Waals surface area contributed by atoms with Crippen molar-refractivity contribution < 1.29 is 13.9 Å². The molecule has 5 nitrogen and oxygen atoms in total. The third-order valence-electron chi connectivity index (χ3n) is 2.60. The minimum atomic E-state index is -0.564. The first-order chi connectivity index (χ1) is 9.26. The molecule has 0 saturated heterocycles. The molecule has 0 bridgehead atoms. The normalized spacial score (nSPS) is 10.4. The van der Waals surface area contributed by atoms with Crippen molar-refractivity contribution >= 4 is 6.29 Å². The number of benzene rings is 1. The van der Waals surface area contributed by atoms with Crippen molar-refractivity contribution in [1.82, 2.24) is 14.8 Å². The highest BCUT2D eigenvalue weighted by Crippen LogP contribution is 2.21. The van der Waals surface area contributed by atoms with Crippen LogP contribution in [0.25, 0.3) is 0 Å². The van der Waals surface area contributed by atoms with E-state index in [1.165, 1.54) is 24.5 Å². The van der Waals surface area contributed by atoms with Gasteiger partial charge in [0.25, 0.3) is 0 Å². The number of carbonyl (C=O) groups is 1. The number of carbonyl (C=O) groups excluding carboxylic acids is 1. The number of hydrogen-bond donors (Lipinski definition) is 0. The average Bonchev–Trinajstić information content (AvgIpc) is 2.85. The Kier molecular flexibility index (Phi) is 4.22. The standard InChI is InChI=1S/C13H14FN3O2/c1-2-6-17-12(15-9-16-17)8-19-13-10(7-18)4-3-5-11(13)14/h3-5,7,9H,2,6,8H2,1H3. The summed E-state index contributed by atoms with van der Waals surface area (Å²) in [4.78, 5) is 14.9. The Morgan fingerprint density at radius 1 is 1.47 bits per heavy atom. The van der Waals surface area contributed by atoms with Gasteiger partial charge in [0.05, 0.1) is 5.56 Å². The summed E-state index contributed by atoms with van der Waals surface area (Å²) in [5.74, 6) is -0.0170. The van der Waals surface area contributed by atoms with Crippen molar-refractivity contribution in [2.75, 3.05) is 0 Å². The molecule has 1 heterocycles.